The summed E-state index contributed by atoms with van der Waals surface area (Å²) < 4.78 is 29.4. The zero-order valence-electron chi connectivity index (χ0n) is 15.5. The van der Waals surface area contributed by atoms with Crippen molar-refractivity contribution in [2.45, 2.75) is 49.7 Å². The zero-order valence-corrected chi connectivity index (χ0v) is 16.2. The summed E-state index contributed by atoms with van der Waals surface area (Å²) in [6.45, 7) is 1.52. The van der Waals surface area contributed by atoms with Crippen LogP contribution in [0.2, 0.25) is 5.02 Å². The summed E-state index contributed by atoms with van der Waals surface area (Å²) in [5, 5.41) is 17.6. The number of carbonyl (C=O) groups excluding carboxylic acids is 1. The minimum absolute atomic E-state index is 0.205. The lowest BCUT2D eigenvalue weighted by Crippen LogP contribution is -2.49. The number of hydrogen-bond donors (Lipinski definition) is 3. The number of amides is 1. The topological polar surface area (TPSA) is 66.3 Å². The first-order valence-electron chi connectivity index (χ1n) is 9.66. The number of benzene rings is 1. The van der Waals surface area contributed by atoms with Gasteiger partial charge in [-0.15, -0.1) is 0 Å². The molecule has 1 amide bonds. The molecule has 0 radical (unpaired) electrons. The van der Waals surface area contributed by atoms with Crippen LogP contribution < -0.4 is 10.6 Å². The molecule has 3 N–H and O–H groups in total. The van der Waals surface area contributed by atoms with Gasteiger partial charge in [-0.2, -0.15) is 0 Å². The van der Waals surface area contributed by atoms with Crippen LogP contribution >= 0.6 is 11.6 Å². The van der Waals surface area contributed by atoms with Gasteiger partial charge in [0.15, 0.2) is 0 Å². The molecule has 1 aliphatic heterocycles. The first-order valence-corrected chi connectivity index (χ1v) is 10.0. The standard InChI is InChI=1S/C20H24ClF2N3O2/c21-15-3-1-4-16-17(15)14(10-26(16)13-5-8-24-9-13)18(27)25-12-19(28)6-2-7-20(22,23)11-19/h1,3-4,10,13,24,28H,2,5-9,11-12H2,(H,25,27). The fourth-order valence-corrected chi connectivity index (χ4v) is 4.72. The van der Waals surface area contributed by atoms with Gasteiger partial charge in [-0.25, -0.2) is 8.78 Å². The number of alkyl halides is 2. The van der Waals surface area contributed by atoms with Gasteiger partial charge in [-0.05, 0) is 37.9 Å². The van der Waals surface area contributed by atoms with E-state index >= 15 is 0 Å². The molecule has 0 spiro atoms. The number of aromatic nitrogens is 1. The maximum atomic E-state index is 13.7. The quantitative estimate of drug-likeness (QED) is 0.721. The fraction of sp³-hybridized carbons (Fsp3) is 0.550. The van der Waals surface area contributed by atoms with Crippen molar-refractivity contribution in [3.8, 4) is 0 Å². The van der Waals surface area contributed by atoms with Crippen molar-refractivity contribution < 1.29 is 18.7 Å². The number of fused-ring (bicyclic) bond motifs is 1. The predicted molar refractivity (Wildman–Crippen MR) is 104 cm³/mol. The van der Waals surface area contributed by atoms with Gasteiger partial charge in [-0.1, -0.05) is 17.7 Å². The number of aliphatic hydroxyl groups is 1. The average Bonchev–Trinajstić information content (AvgIpc) is 3.26. The maximum Gasteiger partial charge on any atom is 0.253 e. The Kier molecular flexibility index (Phi) is 5.10. The Morgan fingerprint density at radius 1 is 1.39 bits per heavy atom. The Morgan fingerprint density at radius 3 is 2.93 bits per heavy atom. The van der Waals surface area contributed by atoms with Gasteiger partial charge in [-0.3, -0.25) is 4.79 Å². The third-order valence-corrected chi connectivity index (χ3v) is 6.14. The minimum Gasteiger partial charge on any atom is -0.388 e. The van der Waals surface area contributed by atoms with E-state index in [0.29, 0.717) is 16.0 Å². The monoisotopic (exact) mass is 411 g/mol. The van der Waals surface area contributed by atoms with Gasteiger partial charge in [0, 0.05) is 43.6 Å². The summed E-state index contributed by atoms with van der Waals surface area (Å²) in [6.07, 6.45) is 2.37. The van der Waals surface area contributed by atoms with E-state index in [0.717, 1.165) is 25.0 Å². The van der Waals surface area contributed by atoms with Crippen molar-refractivity contribution in [3.63, 3.8) is 0 Å². The molecular formula is C20H24ClF2N3O2. The van der Waals surface area contributed by atoms with Gasteiger partial charge in [0.25, 0.3) is 11.8 Å². The Morgan fingerprint density at radius 2 is 2.21 bits per heavy atom. The SMILES string of the molecule is O=C(NCC1(O)CCCC(F)(F)C1)c1cn(C2CCNC2)c2cccc(Cl)c12. The van der Waals surface area contributed by atoms with Gasteiger partial charge < -0.3 is 20.3 Å². The van der Waals surface area contributed by atoms with E-state index in [1.165, 1.54) is 0 Å². The van der Waals surface area contributed by atoms with Gasteiger partial charge in [0.1, 0.15) is 0 Å². The molecule has 28 heavy (non-hydrogen) atoms. The summed E-state index contributed by atoms with van der Waals surface area (Å²) in [6, 6.07) is 5.72. The van der Waals surface area contributed by atoms with Crippen LogP contribution in [0.15, 0.2) is 24.4 Å². The number of nitrogens with one attached hydrogen (secondary N) is 2. The van der Waals surface area contributed by atoms with Crippen LogP contribution in [0, 0.1) is 0 Å². The van der Waals surface area contributed by atoms with Crippen molar-refractivity contribution in [3.05, 3.63) is 35.0 Å². The van der Waals surface area contributed by atoms with Crippen molar-refractivity contribution in [2.75, 3.05) is 19.6 Å². The molecule has 2 aromatic rings. The van der Waals surface area contributed by atoms with Gasteiger partial charge >= 0.3 is 0 Å². The highest BCUT2D eigenvalue weighted by molar-refractivity contribution is 6.36. The molecule has 1 aromatic carbocycles. The summed E-state index contributed by atoms with van der Waals surface area (Å²) >= 11 is 6.38. The van der Waals surface area contributed by atoms with E-state index in [9.17, 15) is 18.7 Å². The average molecular weight is 412 g/mol. The first kappa shape index (κ1) is 19.6. The van der Waals surface area contributed by atoms with E-state index in [-0.39, 0.29) is 31.8 Å². The Bertz CT molecular complexity index is 895. The second-order valence-electron chi connectivity index (χ2n) is 8.02. The Labute approximate surface area is 167 Å². The van der Waals surface area contributed by atoms with E-state index in [4.69, 9.17) is 11.6 Å². The summed E-state index contributed by atoms with van der Waals surface area (Å²) in [5.74, 6) is -3.31. The van der Waals surface area contributed by atoms with Gasteiger partial charge in [0.05, 0.1) is 21.7 Å². The number of carbonyl (C=O) groups is 1. The Hall–Kier alpha value is -1.70. The highest BCUT2D eigenvalue weighted by Crippen LogP contribution is 2.39. The fourth-order valence-electron chi connectivity index (χ4n) is 4.44. The lowest BCUT2D eigenvalue weighted by Gasteiger charge is -2.36. The Balaban J connectivity index is 1.59. The predicted octanol–water partition coefficient (Wildman–Crippen LogP) is 3.50. The molecule has 1 aromatic heterocycles. The molecule has 0 bridgehead atoms. The van der Waals surface area contributed by atoms with Crippen LogP contribution in [0.25, 0.3) is 10.9 Å². The zero-order chi connectivity index (χ0) is 19.9. The van der Waals surface area contributed by atoms with E-state index in [1.54, 1.807) is 12.3 Å². The lowest BCUT2D eigenvalue weighted by atomic mass is 9.82. The molecular weight excluding hydrogens is 388 g/mol. The largest absolute Gasteiger partial charge is 0.388 e. The van der Waals surface area contributed by atoms with E-state index < -0.39 is 23.9 Å². The number of hydrogen-bond acceptors (Lipinski definition) is 3. The van der Waals surface area contributed by atoms with Crippen LogP contribution in [-0.2, 0) is 0 Å². The molecule has 2 unspecified atom stereocenters. The molecule has 2 atom stereocenters. The summed E-state index contributed by atoms with van der Waals surface area (Å²) in [5.41, 5.74) is -0.317. The van der Waals surface area contributed by atoms with Gasteiger partial charge in [0.2, 0.25) is 0 Å². The molecule has 5 nitrogen and oxygen atoms in total. The van der Waals surface area contributed by atoms with E-state index in [2.05, 4.69) is 15.2 Å². The van der Waals surface area contributed by atoms with Crippen LogP contribution in [-0.4, -0.2) is 46.7 Å². The molecule has 1 saturated carbocycles. The maximum absolute atomic E-state index is 13.7. The molecule has 2 fully saturated rings. The second-order valence-corrected chi connectivity index (χ2v) is 8.43. The smallest absolute Gasteiger partial charge is 0.253 e. The van der Waals surface area contributed by atoms with Crippen LogP contribution in [0.1, 0.15) is 48.5 Å². The van der Waals surface area contributed by atoms with Crippen molar-refractivity contribution in [1.29, 1.82) is 0 Å². The highest BCUT2D eigenvalue weighted by atomic mass is 35.5. The molecule has 1 aliphatic carbocycles. The van der Waals surface area contributed by atoms with Crippen molar-refractivity contribution >= 4 is 28.4 Å². The van der Waals surface area contributed by atoms with Crippen LogP contribution in [0.3, 0.4) is 0 Å². The summed E-state index contributed by atoms with van der Waals surface area (Å²) in [4.78, 5) is 12.9. The third kappa shape index (κ3) is 3.75. The highest BCUT2D eigenvalue weighted by Gasteiger charge is 2.44. The third-order valence-electron chi connectivity index (χ3n) is 5.83. The molecule has 152 valence electrons. The minimum atomic E-state index is -2.90. The van der Waals surface area contributed by atoms with Crippen molar-refractivity contribution in [1.82, 2.24) is 15.2 Å². The molecule has 2 aliphatic rings. The number of rotatable bonds is 4. The normalized spacial score (nSPS) is 27.2. The lowest BCUT2D eigenvalue weighted by molar-refractivity contribution is -0.121. The molecule has 8 heteroatoms. The van der Waals surface area contributed by atoms with Crippen molar-refractivity contribution in [2.24, 2.45) is 0 Å². The van der Waals surface area contributed by atoms with E-state index in [1.807, 2.05) is 12.1 Å². The second kappa shape index (κ2) is 7.28. The summed E-state index contributed by atoms with van der Waals surface area (Å²) in [7, 11) is 0. The molecule has 1 saturated heterocycles. The molecule has 4 rings (SSSR count). The van der Waals surface area contributed by atoms with Crippen LogP contribution in [0.5, 0.6) is 0 Å². The van der Waals surface area contributed by atoms with Crippen LogP contribution in [0.4, 0.5) is 8.78 Å². The molecule has 2 heterocycles. The number of nitrogens with zero attached hydrogens (tertiary/aromatic N) is 1. The first-order chi connectivity index (χ1) is 13.3. The number of halogens is 3.